The van der Waals surface area contributed by atoms with E-state index >= 15 is 0 Å². The van der Waals surface area contributed by atoms with Crippen molar-refractivity contribution in [1.29, 1.82) is 0 Å². The third-order valence-corrected chi connectivity index (χ3v) is 4.53. The molecule has 1 aliphatic rings. The summed E-state index contributed by atoms with van der Waals surface area (Å²) in [5.41, 5.74) is 0.0981. The van der Waals surface area contributed by atoms with Crippen molar-refractivity contribution in [1.82, 2.24) is 9.88 Å². The standard InChI is InChI=1S/C18H22N2O4/c21-15(16-6-4-10-24-16)12-14-5-2-1-3-9-20(14)18(23)13-7-8-19-17(22)11-13/h4,6-8,10-11,14-15,21H,1-3,5,9,12H2,(H,19,22)/t14-,15+/m0/s1. The zero-order valence-electron chi connectivity index (χ0n) is 13.5. The van der Waals surface area contributed by atoms with Gasteiger partial charge in [-0.2, -0.15) is 0 Å². The van der Waals surface area contributed by atoms with Gasteiger partial charge in [-0.3, -0.25) is 9.59 Å². The van der Waals surface area contributed by atoms with E-state index in [-0.39, 0.29) is 17.5 Å². The number of aromatic amines is 1. The van der Waals surface area contributed by atoms with Gasteiger partial charge in [-0.15, -0.1) is 0 Å². The summed E-state index contributed by atoms with van der Waals surface area (Å²) in [4.78, 5) is 28.7. The minimum absolute atomic E-state index is 0.0700. The average Bonchev–Trinajstić information content (AvgIpc) is 3.02. The van der Waals surface area contributed by atoms with Crippen LogP contribution in [0.5, 0.6) is 0 Å². The van der Waals surface area contributed by atoms with Crippen LogP contribution in [0.4, 0.5) is 0 Å². The predicted octanol–water partition coefficient (Wildman–Crippen LogP) is 2.48. The first-order valence-corrected chi connectivity index (χ1v) is 8.36. The molecule has 0 radical (unpaired) electrons. The maximum absolute atomic E-state index is 12.9. The second-order valence-electron chi connectivity index (χ2n) is 6.21. The molecule has 1 fully saturated rings. The summed E-state index contributed by atoms with van der Waals surface area (Å²) in [6.07, 6.45) is 6.57. The normalized spacial score (nSPS) is 19.7. The molecule has 0 saturated carbocycles. The second-order valence-corrected chi connectivity index (χ2v) is 6.21. The van der Waals surface area contributed by atoms with Gasteiger partial charge in [0.15, 0.2) is 0 Å². The van der Waals surface area contributed by atoms with Crippen LogP contribution < -0.4 is 5.56 Å². The predicted molar refractivity (Wildman–Crippen MR) is 88.6 cm³/mol. The number of likely N-dealkylation sites (tertiary alicyclic amines) is 1. The summed E-state index contributed by atoms with van der Waals surface area (Å²) in [6, 6.07) is 6.36. The van der Waals surface area contributed by atoms with Crippen molar-refractivity contribution < 1.29 is 14.3 Å². The number of amides is 1. The van der Waals surface area contributed by atoms with Crippen LogP contribution in [0.2, 0.25) is 0 Å². The lowest BCUT2D eigenvalue weighted by atomic mass is 10.0. The molecule has 3 rings (SSSR count). The van der Waals surface area contributed by atoms with Crippen LogP contribution in [0, 0.1) is 0 Å². The van der Waals surface area contributed by atoms with E-state index < -0.39 is 6.10 Å². The number of carbonyl (C=O) groups excluding carboxylic acids is 1. The Kier molecular flexibility index (Phi) is 5.15. The van der Waals surface area contributed by atoms with Crippen LogP contribution in [0.1, 0.15) is 54.3 Å². The van der Waals surface area contributed by atoms with Gasteiger partial charge in [-0.1, -0.05) is 12.8 Å². The molecule has 1 amide bonds. The smallest absolute Gasteiger partial charge is 0.254 e. The van der Waals surface area contributed by atoms with Crippen LogP contribution in [0.15, 0.2) is 45.9 Å². The first-order chi connectivity index (χ1) is 11.6. The van der Waals surface area contributed by atoms with E-state index in [0.29, 0.717) is 24.3 Å². The van der Waals surface area contributed by atoms with Gasteiger partial charge >= 0.3 is 0 Å². The highest BCUT2D eigenvalue weighted by Crippen LogP contribution is 2.27. The van der Waals surface area contributed by atoms with Gasteiger partial charge in [0.05, 0.1) is 6.26 Å². The van der Waals surface area contributed by atoms with Crippen molar-refractivity contribution >= 4 is 5.91 Å². The molecule has 1 aliphatic heterocycles. The number of carbonyl (C=O) groups is 1. The average molecular weight is 330 g/mol. The summed E-state index contributed by atoms with van der Waals surface area (Å²) < 4.78 is 5.27. The van der Waals surface area contributed by atoms with Gasteiger partial charge in [-0.25, -0.2) is 0 Å². The Morgan fingerprint density at radius 1 is 1.38 bits per heavy atom. The van der Waals surface area contributed by atoms with Crippen LogP contribution in [-0.2, 0) is 0 Å². The number of nitrogens with zero attached hydrogens (tertiary/aromatic N) is 1. The van der Waals surface area contributed by atoms with Gasteiger partial charge in [0.1, 0.15) is 11.9 Å². The van der Waals surface area contributed by atoms with Gasteiger partial charge in [-0.05, 0) is 31.0 Å². The lowest BCUT2D eigenvalue weighted by Crippen LogP contribution is -2.41. The molecule has 2 N–H and O–H groups in total. The molecular formula is C18H22N2O4. The summed E-state index contributed by atoms with van der Waals surface area (Å²) in [6.45, 7) is 0.640. The quantitative estimate of drug-likeness (QED) is 0.901. The molecule has 2 atom stereocenters. The molecule has 0 unspecified atom stereocenters. The first-order valence-electron chi connectivity index (χ1n) is 8.36. The molecule has 6 nitrogen and oxygen atoms in total. The number of aliphatic hydroxyl groups is 1. The van der Waals surface area contributed by atoms with E-state index in [0.717, 1.165) is 25.7 Å². The van der Waals surface area contributed by atoms with Crippen LogP contribution >= 0.6 is 0 Å². The molecule has 2 aromatic heterocycles. The first kappa shape index (κ1) is 16.5. The van der Waals surface area contributed by atoms with E-state index in [2.05, 4.69) is 4.98 Å². The van der Waals surface area contributed by atoms with Crippen molar-refractivity contribution in [2.45, 2.75) is 44.2 Å². The molecule has 0 spiro atoms. The molecule has 1 saturated heterocycles. The van der Waals surface area contributed by atoms with E-state index in [1.54, 1.807) is 23.1 Å². The lowest BCUT2D eigenvalue weighted by molar-refractivity contribution is 0.0557. The number of hydrogen-bond acceptors (Lipinski definition) is 4. The Hall–Kier alpha value is -2.34. The zero-order valence-corrected chi connectivity index (χ0v) is 13.5. The van der Waals surface area contributed by atoms with Crippen LogP contribution in [0.3, 0.4) is 0 Å². The van der Waals surface area contributed by atoms with Crippen molar-refractivity contribution in [3.63, 3.8) is 0 Å². The lowest BCUT2D eigenvalue weighted by Gasteiger charge is -2.31. The highest BCUT2D eigenvalue weighted by atomic mass is 16.4. The third kappa shape index (κ3) is 3.76. The molecular weight excluding hydrogens is 308 g/mol. The maximum atomic E-state index is 12.9. The van der Waals surface area contributed by atoms with E-state index in [1.807, 2.05) is 0 Å². The minimum atomic E-state index is -0.738. The van der Waals surface area contributed by atoms with Gasteiger partial charge in [0.25, 0.3) is 5.91 Å². The van der Waals surface area contributed by atoms with Crippen LogP contribution in [0.25, 0.3) is 0 Å². The fourth-order valence-electron chi connectivity index (χ4n) is 3.29. The molecule has 128 valence electrons. The number of aliphatic hydroxyl groups excluding tert-OH is 1. The Balaban J connectivity index is 1.79. The van der Waals surface area contributed by atoms with E-state index in [4.69, 9.17) is 4.42 Å². The molecule has 6 heteroatoms. The van der Waals surface area contributed by atoms with Crippen molar-refractivity contribution in [3.05, 3.63) is 58.4 Å². The molecule has 24 heavy (non-hydrogen) atoms. The fourth-order valence-corrected chi connectivity index (χ4v) is 3.29. The number of aromatic nitrogens is 1. The van der Waals surface area contributed by atoms with Gasteiger partial charge in [0.2, 0.25) is 5.56 Å². The fraction of sp³-hybridized carbons (Fsp3) is 0.444. The number of hydrogen-bond donors (Lipinski definition) is 2. The van der Waals surface area contributed by atoms with Crippen molar-refractivity contribution in [2.24, 2.45) is 0 Å². The maximum Gasteiger partial charge on any atom is 0.254 e. The third-order valence-electron chi connectivity index (χ3n) is 4.53. The Morgan fingerprint density at radius 2 is 2.25 bits per heavy atom. The minimum Gasteiger partial charge on any atom is -0.467 e. The van der Waals surface area contributed by atoms with Crippen molar-refractivity contribution in [3.8, 4) is 0 Å². The number of furan rings is 1. The summed E-state index contributed by atoms with van der Waals surface area (Å²) >= 11 is 0. The largest absolute Gasteiger partial charge is 0.467 e. The van der Waals surface area contributed by atoms with Gasteiger partial charge < -0.3 is 19.4 Å². The molecule has 0 aliphatic carbocycles. The van der Waals surface area contributed by atoms with Crippen LogP contribution in [-0.4, -0.2) is 33.5 Å². The molecule has 2 aromatic rings. The van der Waals surface area contributed by atoms with Gasteiger partial charge in [0, 0.05) is 36.8 Å². The summed E-state index contributed by atoms with van der Waals surface area (Å²) in [5, 5.41) is 10.4. The molecule has 0 aromatic carbocycles. The Bertz CT molecular complexity index is 723. The summed E-state index contributed by atoms with van der Waals surface area (Å²) in [5.74, 6) is 0.363. The molecule has 3 heterocycles. The topological polar surface area (TPSA) is 86.5 Å². The zero-order chi connectivity index (χ0) is 16.9. The second kappa shape index (κ2) is 7.49. The Morgan fingerprint density at radius 3 is 3.00 bits per heavy atom. The highest BCUT2D eigenvalue weighted by Gasteiger charge is 2.29. The van der Waals surface area contributed by atoms with E-state index in [1.165, 1.54) is 18.5 Å². The monoisotopic (exact) mass is 330 g/mol. The highest BCUT2D eigenvalue weighted by molar-refractivity contribution is 5.94. The number of pyridine rings is 1. The number of H-pyrrole nitrogens is 1. The summed E-state index contributed by atoms with van der Waals surface area (Å²) in [7, 11) is 0. The van der Waals surface area contributed by atoms with E-state index in [9.17, 15) is 14.7 Å². The number of nitrogens with one attached hydrogen (secondary N) is 1. The Labute approximate surface area is 140 Å². The SMILES string of the molecule is O=C(c1cc[nH]c(=O)c1)N1CCCCC[C@H]1C[C@@H](O)c1ccco1. The van der Waals surface area contributed by atoms with Crippen molar-refractivity contribution in [2.75, 3.05) is 6.54 Å². The number of rotatable bonds is 4. The molecule has 0 bridgehead atoms.